The average molecular weight is 429 g/mol. The predicted octanol–water partition coefficient (Wildman–Crippen LogP) is 2.69. The molecule has 5 rings (SSSR count). The molecule has 4 fully saturated rings. The molecule has 0 saturated heterocycles. The topological polar surface area (TPSA) is 93.7 Å². The first-order valence-corrected chi connectivity index (χ1v) is 11.2. The van der Waals surface area contributed by atoms with Crippen LogP contribution >= 0.6 is 0 Å². The molecule has 7 heteroatoms. The minimum Gasteiger partial charge on any atom is -0.497 e. The van der Waals surface area contributed by atoms with Crippen LogP contribution < -0.4 is 15.4 Å². The highest BCUT2D eigenvalue weighted by Gasteiger charge is 2.53. The number of nitrogens with one attached hydrogen (secondary N) is 2. The maximum atomic E-state index is 12.4. The van der Waals surface area contributed by atoms with E-state index in [1.165, 1.54) is 45.6 Å². The molecule has 2 N–H and O–H groups in total. The van der Waals surface area contributed by atoms with Crippen LogP contribution in [0, 0.1) is 23.2 Å². The van der Waals surface area contributed by atoms with E-state index >= 15 is 0 Å². The van der Waals surface area contributed by atoms with Crippen LogP contribution in [-0.4, -0.2) is 44.1 Å². The monoisotopic (exact) mass is 428 g/mol. The van der Waals surface area contributed by atoms with Gasteiger partial charge in [0.1, 0.15) is 12.3 Å². The first-order chi connectivity index (χ1) is 14.9. The Balaban J connectivity index is 1.20. The summed E-state index contributed by atoms with van der Waals surface area (Å²) in [4.78, 5) is 36.5. The maximum absolute atomic E-state index is 12.4. The lowest BCUT2D eigenvalue weighted by molar-refractivity contribution is -0.148. The number of carbonyl (C=O) groups excluding carboxylic acids is 3. The van der Waals surface area contributed by atoms with Crippen LogP contribution in [0.3, 0.4) is 0 Å². The van der Waals surface area contributed by atoms with Gasteiger partial charge >= 0.3 is 5.97 Å². The van der Waals surface area contributed by atoms with Gasteiger partial charge in [0.25, 0.3) is 11.8 Å². The molecular formula is C24H32N2O5. The van der Waals surface area contributed by atoms with Crippen LogP contribution in [0.4, 0.5) is 0 Å². The number of hydrogen-bond donors (Lipinski definition) is 2. The highest BCUT2D eigenvalue weighted by Crippen LogP contribution is 2.61. The normalized spacial score (nSPS) is 29.2. The molecule has 1 aromatic rings. The molecule has 168 valence electrons. The lowest BCUT2D eigenvalue weighted by Gasteiger charge is -2.59. The Labute approximate surface area is 183 Å². The van der Waals surface area contributed by atoms with Crippen LogP contribution in [0.5, 0.6) is 5.75 Å². The molecular weight excluding hydrogens is 396 g/mol. The third-order valence-corrected chi connectivity index (χ3v) is 7.47. The minimum absolute atomic E-state index is 0.0832. The summed E-state index contributed by atoms with van der Waals surface area (Å²) in [7, 11) is 1.52. The Morgan fingerprint density at radius 2 is 1.74 bits per heavy atom. The SMILES string of the molecule is COc1cccc(C(=O)NCC(=O)OCC(=O)N[C@@H](C)C23CC4CC(CC(C4)C2)C3)c1. The zero-order valence-electron chi connectivity index (χ0n) is 18.3. The van der Waals surface area contributed by atoms with E-state index in [9.17, 15) is 14.4 Å². The van der Waals surface area contributed by atoms with Crippen LogP contribution in [0.2, 0.25) is 0 Å². The van der Waals surface area contributed by atoms with Crippen molar-refractivity contribution in [3.63, 3.8) is 0 Å². The summed E-state index contributed by atoms with van der Waals surface area (Å²) in [5, 5.41) is 5.58. The van der Waals surface area contributed by atoms with E-state index in [0.717, 1.165) is 17.8 Å². The van der Waals surface area contributed by atoms with Crippen molar-refractivity contribution < 1.29 is 23.9 Å². The lowest BCUT2D eigenvalue weighted by atomic mass is 9.48. The van der Waals surface area contributed by atoms with Crippen LogP contribution in [0.15, 0.2) is 24.3 Å². The van der Waals surface area contributed by atoms with Crippen molar-refractivity contribution in [3.8, 4) is 5.75 Å². The van der Waals surface area contributed by atoms with Gasteiger partial charge in [-0.15, -0.1) is 0 Å². The van der Waals surface area contributed by atoms with Gasteiger partial charge in [-0.05, 0) is 86.8 Å². The van der Waals surface area contributed by atoms with E-state index in [0.29, 0.717) is 11.3 Å². The fourth-order valence-corrected chi connectivity index (χ4v) is 6.36. The van der Waals surface area contributed by atoms with Crippen LogP contribution in [0.25, 0.3) is 0 Å². The maximum Gasteiger partial charge on any atom is 0.325 e. The Hall–Kier alpha value is -2.57. The molecule has 4 aliphatic rings. The average Bonchev–Trinajstić information content (AvgIpc) is 2.75. The van der Waals surface area contributed by atoms with Gasteiger partial charge in [0.05, 0.1) is 7.11 Å². The van der Waals surface area contributed by atoms with E-state index in [2.05, 4.69) is 17.6 Å². The second-order valence-corrected chi connectivity index (χ2v) is 9.64. The third-order valence-electron chi connectivity index (χ3n) is 7.47. The van der Waals surface area contributed by atoms with Crippen molar-refractivity contribution in [1.82, 2.24) is 10.6 Å². The van der Waals surface area contributed by atoms with Crippen molar-refractivity contribution >= 4 is 17.8 Å². The Kier molecular flexibility index (Phi) is 6.21. The molecule has 0 spiro atoms. The van der Waals surface area contributed by atoms with Gasteiger partial charge in [-0.2, -0.15) is 0 Å². The predicted molar refractivity (Wildman–Crippen MR) is 114 cm³/mol. The summed E-state index contributed by atoms with van der Waals surface area (Å²) in [6.45, 7) is 1.47. The van der Waals surface area contributed by atoms with Gasteiger partial charge in [-0.25, -0.2) is 0 Å². The fraction of sp³-hybridized carbons (Fsp3) is 0.625. The summed E-state index contributed by atoms with van der Waals surface area (Å²) in [5.74, 6) is 1.67. The van der Waals surface area contributed by atoms with E-state index in [-0.39, 0.29) is 30.5 Å². The molecule has 2 amide bonds. The summed E-state index contributed by atoms with van der Waals surface area (Å²) < 4.78 is 10.2. The number of benzene rings is 1. The first kappa shape index (κ1) is 21.7. The van der Waals surface area contributed by atoms with Crippen molar-refractivity contribution in [2.24, 2.45) is 23.2 Å². The molecule has 0 heterocycles. The van der Waals surface area contributed by atoms with Gasteiger partial charge in [0.15, 0.2) is 6.61 Å². The molecule has 4 bridgehead atoms. The second-order valence-electron chi connectivity index (χ2n) is 9.64. The third kappa shape index (κ3) is 4.86. The molecule has 7 nitrogen and oxygen atoms in total. The van der Waals surface area contributed by atoms with E-state index in [4.69, 9.17) is 9.47 Å². The molecule has 0 aromatic heterocycles. The Bertz CT molecular complexity index is 817. The van der Waals surface area contributed by atoms with Crippen molar-refractivity contribution in [1.29, 1.82) is 0 Å². The molecule has 0 unspecified atom stereocenters. The summed E-state index contributed by atoms with van der Waals surface area (Å²) in [5.41, 5.74) is 0.591. The molecule has 1 atom stereocenters. The van der Waals surface area contributed by atoms with E-state index in [1.54, 1.807) is 24.3 Å². The number of rotatable bonds is 8. The van der Waals surface area contributed by atoms with Crippen molar-refractivity contribution in [2.45, 2.75) is 51.5 Å². The number of esters is 1. The lowest BCUT2D eigenvalue weighted by Crippen LogP contribution is -2.56. The Morgan fingerprint density at radius 3 is 2.35 bits per heavy atom. The molecule has 0 aliphatic heterocycles. The Morgan fingerprint density at radius 1 is 1.10 bits per heavy atom. The van der Waals surface area contributed by atoms with E-state index < -0.39 is 11.9 Å². The molecule has 1 aromatic carbocycles. The van der Waals surface area contributed by atoms with Crippen molar-refractivity contribution in [2.75, 3.05) is 20.3 Å². The van der Waals surface area contributed by atoms with Gasteiger partial charge < -0.3 is 20.1 Å². The standard InChI is InChI=1S/C24H32N2O5/c1-15(24-10-16-6-17(11-24)8-18(7-16)12-24)26-21(27)14-31-22(28)13-25-23(29)19-4-3-5-20(9-19)30-2/h3-5,9,15-18H,6-8,10-14H2,1-2H3,(H,25,29)(H,26,27)/t15-,16?,17?,18?,24?/m0/s1. The zero-order chi connectivity index (χ0) is 22.0. The van der Waals surface area contributed by atoms with Crippen LogP contribution in [0.1, 0.15) is 55.8 Å². The van der Waals surface area contributed by atoms with Gasteiger partial charge in [0.2, 0.25) is 0 Å². The van der Waals surface area contributed by atoms with Gasteiger partial charge in [-0.3, -0.25) is 14.4 Å². The number of hydrogen-bond acceptors (Lipinski definition) is 5. The van der Waals surface area contributed by atoms with Gasteiger partial charge in [-0.1, -0.05) is 6.07 Å². The fourth-order valence-electron chi connectivity index (χ4n) is 6.36. The summed E-state index contributed by atoms with van der Waals surface area (Å²) in [6.07, 6.45) is 7.70. The van der Waals surface area contributed by atoms with E-state index in [1.807, 2.05) is 0 Å². The number of methoxy groups -OCH3 is 1. The number of amides is 2. The molecule has 31 heavy (non-hydrogen) atoms. The van der Waals surface area contributed by atoms with Gasteiger partial charge in [0, 0.05) is 11.6 Å². The number of ether oxygens (including phenoxy) is 2. The summed E-state index contributed by atoms with van der Waals surface area (Å²) in [6, 6.07) is 6.72. The zero-order valence-corrected chi connectivity index (χ0v) is 18.3. The van der Waals surface area contributed by atoms with Crippen molar-refractivity contribution in [3.05, 3.63) is 29.8 Å². The highest BCUT2D eigenvalue weighted by molar-refractivity contribution is 5.96. The quantitative estimate of drug-likeness (QED) is 0.621. The second kappa shape index (κ2) is 8.89. The molecule has 4 aliphatic carbocycles. The molecule has 4 saturated carbocycles. The molecule has 0 radical (unpaired) electrons. The highest BCUT2D eigenvalue weighted by atomic mass is 16.5. The first-order valence-electron chi connectivity index (χ1n) is 11.2. The summed E-state index contributed by atoms with van der Waals surface area (Å²) >= 11 is 0. The minimum atomic E-state index is -0.645. The number of carbonyl (C=O) groups is 3. The smallest absolute Gasteiger partial charge is 0.325 e. The largest absolute Gasteiger partial charge is 0.497 e. The van der Waals surface area contributed by atoms with Crippen LogP contribution in [-0.2, 0) is 14.3 Å².